The van der Waals surface area contributed by atoms with Crippen molar-refractivity contribution < 1.29 is 13.9 Å². The minimum absolute atomic E-state index is 0.0292. The number of rotatable bonds is 7. The van der Waals surface area contributed by atoms with Crippen LogP contribution in [0.25, 0.3) is 10.2 Å². The lowest BCUT2D eigenvalue weighted by molar-refractivity contribution is -0.118. The van der Waals surface area contributed by atoms with Crippen molar-refractivity contribution >= 4 is 32.6 Å². The molecule has 32 heavy (non-hydrogen) atoms. The molecule has 0 atom stereocenters. The van der Waals surface area contributed by atoms with E-state index in [2.05, 4.69) is 42.8 Å². The van der Waals surface area contributed by atoms with E-state index in [-0.39, 0.29) is 11.7 Å². The fraction of sp³-hybridized carbons (Fsp3) is 0.440. The topological polar surface area (TPSA) is 45.7 Å². The van der Waals surface area contributed by atoms with E-state index >= 15 is 0 Å². The number of hydrogen-bond acceptors (Lipinski definition) is 5. The monoisotopic (exact) mass is 455 g/mol. The van der Waals surface area contributed by atoms with Gasteiger partial charge in [-0.2, -0.15) is 0 Å². The van der Waals surface area contributed by atoms with E-state index in [1.165, 1.54) is 29.0 Å². The van der Waals surface area contributed by atoms with Gasteiger partial charge in [-0.1, -0.05) is 29.0 Å². The SMILES string of the molecule is Cc1cc(C)c(CC(=O)N(CCCN2CCOCC2)c2nc3ccc(F)cc3s2)c(C)c1. The first-order valence-corrected chi connectivity index (χ1v) is 12.0. The Morgan fingerprint density at radius 2 is 1.88 bits per heavy atom. The number of benzene rings is 2. The molecule has 0 aliphatic carbocycles. The number of nitrogens with zero attached hydrogens (tertiary/aromatic N) is 3. The van der Waals surface area contributed by atoms with Crippen LogP contribution in [0.2, 0.25) is 0 Å². The van der Waals surface area contributed by atoms with Crippen molar-refractivity contribution in [3.05, 3.63) is 58.4 Å². The molecule has 0 spiro atoms. The lowest BCUT2D eigenvalue weighted by Crippen LogP contribution is -2.39. The maximum Gasteiger partial charge on any atom is 0.233 e. The summed E-state index contributed by atoms with van der Waals surface area (Å²) in [4.78, 5) is 22.3. The van der Waals surface area contributed by atoms with Gasteiger partial charge in [0.15, 0.2) is 5.13 Å². The third-order valence-corrected chi connectivity index (χ3v) is 7.04. The maximum absolute atomic E-state index is 13.7. The molecule has 7 heteroatoms. The summed E-state index contributed by atoms with van der Waals surface area (Å²) in [5.41, 5.74) is 5.27. The Labute approximate surface area is 192 Å². The zero-order valence-electron chi connectivity index (χ0n) is 19.0. The number of anilines is 1. The summed E-state index contributed by atoms with van der Waals surface area (Å²) in [5, 5.41) is 0.639. The molecule has 0 unspecified atom stereocenters. The highest BCUT2D eigenvalue weighted by Crippen LogP contribution is 2.30. The molecule has 0 N–H and O–H groups in total. The summed E-state index contributed by atoms with van der Waals surface area (Å²) in [6.45, 7) is 11.1. The number of thiazole rings is 1. The molecular formula is C25H30FN3O2S. The van der Waals surface area contributed by atoms with Crippen LogP contribution in [-0.2, 0) is 16.0 Å². The molecule has 5 nitrogen and oxygen atoms in total. The molecule has 170 valence electrons. The molecule has 1 amide bonds. The van der Waals surface area contributed by atoms with E-state index in [0.29, 0.717) is 18.1 Å². The van der Waals surface area contributed by atoms with Gasteiger partial charge >= 0.3 is 0 Å². The second-order valence-electron chi connectivity index (χ2n) is 8.52. The average Bonchev–Trinajstić information content (AvgIpc) is 3.17. The van der Waals surface area contributed by atoms with Gasteiger partial charge in [-0.3, -0.25) is 14.6 Å². The summed E-state index contributed by atoms with van der Waals surface area (Å²) < 4.78 is 19.9. The lowest BCUT2D eigenvalue weighted by atomic mass is 9.97. The molecule has 1 aromatic heterocycles. The van der Waals surface area contributed by atoms with Gasteiger partial charge in [0.05, 0.1) is 29.9 Å². The summed E-state index contributed by atoms with van der Waals surface area (Å²) in [6, 6.07) is 8.82. The molecule has 4 rings (SSSR count). The molecular weight excluding hydrogens is 425 g/mol. The quantitative estimate of drug-likeness (QED) is 0.520. The van der Waals surface area contributed by atoms with Crippen molar-refractivity contribution in [1.29, 1.82) is 0 Å². The zero-order chi connectivity index (χ0) is 22.7. The fourth-order valence-electron chi connectivity index (χ4n) is 4.34. The third-order valence-electron chi connectivity index (χ3n) is 6.00. The highest BCUT2D eigenvalue weighted by atomic mass is 32.1. The molecule has 1 aliphatic rings. The number of carbonyl (C=O) groups excluding carboxylic acids is 1. The molecule has 0 radical (unpaired) electrons. The lowest BCUT2D eigenvalue weighted by Gasteiger charge is -2.28. The third kappa shape index (κ3) is 5.34. The molecule has 0 saturated carbocycles. The number of fused-ring (bicyclic) bond motifs is 1. The Balaban J connectivity index is 1.56. The molecule has 1 fully saturated rings. The van der Waals surface area contributed by atoms with Gasteiger partial charge in [0.2, 0.25) is 5.91 Å². The van der Waals surface area contributed by atoms with Crippen molar-refractivity contribution in [3.63, 3.8) is 0 Å². The minimum atomic E-state index is -0.288. The first-order chi connectivity index (χ1) is 15.4. The second kappa shape index (κ2) is 10.1. The van der Waals surface area contributed by atoms with Crippen molar-refractivity contribution in [2.45, 2.75) is 33.6 Å². The van der Waals surface area contributed by atoms with Crippen LogP contribution in [0.15, 0.2) is 30.3 Å². The van der Waals surface area contributed by atoms with Crippen LogP contribution >= 0.6 is 11.3 Å². The van der Waals surface area contributed by atoms with E-state index in [1.54, 1.807) is 11.0 Å². The van der Waals surface area contributed by atoms with Crippen LogP contribution < -0.4 is 4.90 Å². The second-order valence-corrected chi connectivity index (χ2v) is 9.52. The predicted molar refractivity (Wildman–Crippen MR) is 128 cm³/mol. The van der Waals surface area contributed by atoms with Gasteiger partial charge in [-0.05, 0) is 62.1 Å². The number of aryl methyl sites for hydroxylation is 3. The Bertz CT molecular complexity index is 1080. The normalized spacial score (nSPS) is 14.8. The van der Waals surface area contributed by atoms with E-state index in [1.807, 2.05) is 0 Å². The van der Waals surface area contributed by atoms with Crippen LogP contribution in [0, 0.1) is 26.6 Å². The molecule has 1 saturated heterocycles. The average molecular weight is 456 g/mol. The Morgan fingerprint density at radius 1 is 1.16 bits per heavy atom. The van der Waals surface area contributed by atoms with E-state index in [4.69, 9.17) is 4.74 Å². The summed E-state index contributed by atoms with van der Waals surface area (Å²) in [7, 11) is 0. The van der Waals surface area contributed by atoms with Gasteiger partial charge in [0, 0.05) is 26.2 Å². The Hall–Kier alpha value is -2.35. The van der Waals surface area contributed by atoms with E-state index < -0.39 is 0 Å². The number of ether oxygens (including phenoxy) is 1. The van der Waals surface area contributed by atoms with Crippen molar-refractivity contribution in [2.75, 3.05) is 44.3 Å². The standard InChI is InChI=1S/C25H30FN3O2S/c1-17-13-18(2)21(19(3)14-17)16-24(30)29(8-4-7-28-9-11-31-12-10-28)25-27-22-6-5-20(26)15-23(22)32-25/h5-6,13-15H,4,7-12,16H2,1-3H3. The van der Waals surface area contributed by atoms with Crippen molar-refractivity contribution in [2.24, 2.45) is 0 Å². The summed E-state index contributed by atoms with van der Waals surface area (Å²) in [5.74, 6) is -0.259. The fourth-order valence-corrected chi connectivity index (χ4v) is 5.38. The van der Waals surface area contributed by atoms with E-state index in [9.17, 15) is 9.18 Å². The van der Waals surface area contributed by atoms with Gasteiger partial charge in [0.25, 0.3) is 0 Å². The largest absolute Gasteiger partial charge is 0.379 e. The van der Waals surface area contributed by atoms with Gasteiger partial charge < -0.3 is 4.74 Å². The highest BCUT2D eigenvalue weighted by Gasteiger charge is 2.22. The molecule has 1 aliphatic heterocycles. The maximum atomic E-state index is 13.7. The van der Waals surface area contributed by atoms with Crippen LogP contribution in [0.1, 0.15) is 28.7 Å². The molecule has 3 aromatic rings. The summed E-state index contributed by atoms with van der Waals surface area (Å²) in [6.07, 6.45) is 1.18. The Kier molecular flexibility index (Phi) is 7.18. The van der Waals surface area contributed by atoms with Crippen LogP contribution in [0.4, 0.5) is 9.52 Å². The number of morpholine rings is 1. The number of carbonyl (C=O) groups is 1. The van der Waals surface area contributed by atoms with Gasteiger partial charge in [0.1, 0.15) is 5.82 Å². The summed E-state index contributed by atoms with van der Waals surface area (Å²) >= 11 is 1.38. The Morgan fingerprint density at radius 3 is 2.59 bits per heavy atom. The van der Waals surface area contributed by atoms with Crippen LogP contribution in [0.5, 0.6) is 0 Å². The zero-order valence-corrected chi connectivity index (χ0v) is 19.8. The predicted octanol–water partition coefficient (Wildman–Crippen LogP) is 4.66. The molecule has 2 aromatic carbocycles. The van der Waals surface area contributed by atoms with Crippen molar-refractivity contribution in [3.8, 4) is 0 Å². The van der Waals surface area contributed by atoms with Gasteiger partial charge in [-0.15, -0.1) is 0 Å². The number of amides is 1. The smallest absolute Gasteiger partial charge is 0.233 e. The highest BCUT2D eigenvalue weighted by molar-refractivity contribution is 7.22. The van der Waals surface area contributed by atoms with Gasteiger partial charge in [-0.25, -0.2) is 9.37 Å². The molecule has 2 heterocycles. The number of halogens is 1. The van der Waals surface area contributed by atoms with Crippen molar-refractivity contribution in [1.82, 2.24) is 9.88 Å². The van der Waals surface area contributed by atoms with E-state index in [0.717, 1.165) is 66.2 Å². The first-order valence-electron chi connectivity index (χ1n) is 11.1. The minimum Gasteiger partial charge on any atom is -0.379 e. The number of hydrogen-bond donors (Lipinski definition) is 0. The van der Waals surface area contributed by atoms with Crippen LogP contribution in [0.3, 0.4) is 0 Å². The number of aromatic nitrogens is 1. The molecule has 0 bridgehead atoms. The van der Waals surface area contributed by atoms with Crippen LogP contribution in [-0.4, -0.2) is 55.2 Å². The first kappa shape index (κ1) is 22.8.